The number of halogens is 5. The topological polar surface area (TPSA) is 90.6 Å². The van der Waals surface area contributed by atoms with E-state index in [-0.39, 0.29) is 11.3 Å². The van der Waals surface area contributed by atoms with Gasteiger partial charge >= 0.3 is 6.61 Å². The van der Waals surface area contributed by atoms with Crippen LogP contribution < -0.4 is 15.8 Å². The van der Waals surface area contributed by atoms with Crippen molar-refractivity contribution in [2.45, 2.75) is 45.0 Å². The number of nitrogens with one attached hydrogen (secondary N) is 1. The summed E-state index contributed by atoms with van der Waals surface area (Å²) >= 11 is 0. The molecule has 2 aromatic carbocycles. The predicted octanol–water partition coefficient (Wildman–Crippen LogP) is 4.34. The second-order valence-electron chi connectivity index (χ2n) is 8.16. The van der Waals surface area contributed by atoms with Gasteiger partial charge < -0.3 is 20.5 Å². The molecule has 2 aromatic rings. The quantitative estimate of drug-likeness (QED) is 0.612. The van der Waals surface area contributed by atoms with E-state index < -0.39 is 70.7 Å². The number of benzene rings is 2. The summed E-state index contributed by atoms with van der Waals surface area (Å²) in [6, 6.07) is 4.94. The Balaban J connectivity index is 2.02. The van der Waals surface area contributed by atoms with Gasteiger partial charge in [-0.05, 0) is 44.0 Å². The third-order valence-electron chi connectivity index (χ3n) is 5.80. The van der Waals surface area contributed by atoms with Gasteiger partial charge in [-0.2, -0.15) is 13.2 Å². The SMILES string of the molecule is C[C@@H]1[C@@H](c2ccc(F)c(F)c2OC(F)F)[C@H](C(=O)Nc2ccc(F)c(C(N)=O)c2)OC1(C)C. The Labute approximate surface area is 185 Å². The van der Waals surface area contributed by atoms with Crippen molar-refractivity contribution in [3.8, 4) is 5.75 Å². The molecule has 3 N–H and O–H groups in total. The smallest absolute Gasteiger partial charge is 0.387 e. The molecule has 178 valence electrons. The molecule has 0 radical (unpaired) electrons. The first kappa shape index (κ1) is 24.4. The summed E-state index contributed by atoms with van der Waals surface area (Å²) in [4.78, 5) is 24.5. The molecule has 3 rings (SSSR count). The monoisotopic (exact) mass is 472 g/mol. The Hall–Kier alpha value is -3.21. The Morgan fingerprint density at radius 3 is 2.36 bits per heavy atom. The summed E-state index contributed by atoms with van der Waals surface area (Å²) in [7, 11) is 0. The minimum absolute atomic E-state index is 0.0178. The molecule has 0 bridgehead atoms. The number of primary amides is 1. The van der Waals surface area contributed by atoms with Crippen LogP contribution in [-0.4, -0.2) is 30.1 Å². The zero-order valence-electron chi connectivity index (χ0n) is 17.8. The molecule has 0 spiro atoms. The van der Waals surface area contributed by atoms with Crippen LogP contribution in [0.2, 0.25) is 0 Å². The number of amides is 2. The molecule has 1 aliphatic rings. The van der Waals surface area contributed by atoms with Crippen LogP contribution in [0.15, 0.2) is 30.3 Å². The second-order valence-corrected chi connectivity index (χ2v) is 8.16. The third-order valence-corrected chi connectivity index (χ3v) is 5.80. The van der Waals surface area contributed by atoms with Crippen LogP contribution in [0, 0.1) is 23.4 Å². The first-order valence-electron chi connectivity index (χ1n) is 9.84. The summed E-state index contributed by atoms with van der Waals surface area (Å²) in [5.41, 5.74) is 3.52. The molecule has 1 saturated heterocycles. The van der Waals surface area contributed by atoms with Gasteiger partial charge in [0, 0.05) is 17.2 Å². The molecule has 0 aromatic heterocycles. The Morgan fingerprint density at radius 1 is 1.12 bits per heavy atom. The van der Waals surface area contributed by atoms with Gasteiger partial charge in [0.1, 0.15) is 11.9 Å². The van der Waals surface area contributed by atoms with Crippen molar-refractivity contribution in [3.05, 3.63) is 58.9 Å². The molecule has 6 nitrogen and oxygen atoms in total. The average Bonchev–Trinajstić information content (AvgIpc) is 2.96. The van der Waals surface area contributed by atoms with Gasteiger partial charge in [0.05, 0.1) is 11.2 Å². The van der Waals surface area contributed by atoms with Crippen LogP contribution in [0.4, 0.5) is 27.6 Å². The fourth-order valence-corrected chi connectivity index (χ4v) is 3.88. The van der Waals surface area contributed by atoms with E-state index in [1.165, 1.54) is 6.07 Å². The summed E-state index contributed by atoms with van der Waals surface area (Å²) in [5.74, 6) is -8.30. The van der Waals surface area contributed by atoms with Gasteiger partial charge in [-0.25, -0.2) is 8.78 Å². The highest BCUT2D eigenvalue weighted by Crippen LogP contribution is 2.49. The minimum Gasteiger partial charge on any atom is -0.431 e. The zero-order chi connectivity index (χ0) is 24.7. The van der Waals surface area contributed by atoms with Crippen molar-refractivity contribution in [2.24, 2.45) is 11.7 Å². The number of carbonyl (C=O) groups excluding carboxylic acids is 2. The summed E-state index contributed by atoms with van der Waals surface area (Å²) in [5, 5.41) is 2.46. The zero-order valence-corrected chi connectivity index (χ0v) is 17.8. The second kappa shape index (κ2) is 8.97. The average molecular weight is 472 g/mol. The fourth-order valence-electron chi connectivity index (χ4n) is 3.88. The van der Waals surface area contributed by atoms with Crippen molar-refractivity contribution in [3.63, 3.8) is 0 Å². The van der Waals surface area contributed by atoms with E-state index in [1.807, 2.05) is 0 Å². The van der Waals surface area contributed by atoms with Crippen LogP contribution in [0.3, 0.4) is 0 Å². The molecular formula is C22H21F5N2O4. The number of hydrogen-bond acceptors (Lipinski definition) is 4. The number of anilines is 1. The molecule has 3 atom stereocenters. The Kier molecular flexibility index (Phi) is 6.64. The Bertz CT molecular complexity index is 1090. The van der Waals surface area contributed by atoms with E-state index in [0.29, 0.717) is 0 Å². The molecule has 1 fully saturated rings. The number of nitrogens with two attached hydrogens (primary N) is 1. The number of carbonyl (C=O) groups is 2. The van der Waals surface area contributed by atoms with Crippen molar-refractivity contribution >= 4 is 17.5 Å². The number of rotatable bonds is 6. The van der Waals surface area contributed by atoms with Gasteiger partial charge in [-0.15, -0.1) is 0 Å². The van der Waals surface area contributed by atoms with Gasteiger partial charge in [-0.1, -0.05) is 13.0 Å². The van der Waals surface area contributed by atoms with Crippen LogP contribution in [-0.2, 0) is 9.53 Å². The lowest BCUT2D eigenvalue weighted by atomic mass is 9.78. The van der Waals surface area contributed by atoms with Gasteiger partial charge in [-0.3, -0.25) is 9.59 Å². The van der Waals surface area contributed by atoms with E-state index in [9.17, 15) is 31.5 Å². The molecule has 1 aliphatic heterocycles. The van der Waals surface area contributed by atoms with Gasteiger partial charge in [0.2, 0.25) is 5.82 Å². The molecule has 11 heteroatoms. The molecule has 0 saturated carbocycles. The lowest BCUT2D eigenvalue weighted by Gasteiger charge is -2.26. The van der Waals surface area contributed by atoms with Crippen LogP contribution in [0.5, 0.6) is 5.75 Å². The van der Waals surface area contributed by atoms with E-state index in [2.05, 4.69) is 10.1 Å². The maximum absolute atomic E-state index is 14.4. The van der Waals surface area contributed by atoms with Gasteiger partial charge in [0.25, 0.3) is 11.8 Å². The van der Waals surface area contributed by atoms with E-state index in [4.69, 9.17) is 10.5 Å². The Morgan fingerprint density at radius 2 is 1.76 bits per heavy atom. The van der Waals surface area contributed by atoms with E-state index in [1.54, 1.807) is 20.8 Å². The normalized spacial score (nSPS) is 21.8. The first-order valence-corrected chi connectivity index (χ1v) is 9.84. The first-order chi connectivity index (χ1) is 15.3. The molecule has 2 amide bonds. The molecule has 0 aliphatic carbocycles. The van der Waals surface area contributed by atoms with Crippen LogP contribution >= 0.6 is 0 Å². The molecule has 33 heavy (non-hydrogen) atoms. The molecule has 1 heterocycles. The van der Waals surface area contributed by atoms with Gasteiger partial charge in [0.15, 0.2) is 11.6 Å². The fraction of sp³-hybridized carbons (Fsp3) is 0.364. The highest BCUT2D eigenvalue weighted by Gasteiger charge is 2.51. The van der Waals surface area contributed by atoms with Crippen LogP contribution in [0.25, 0.3) is 0 Å². The highest BCUT2D eigenvalue weighted by molar-refractivity contribution is 5.98. The van der Waals surface area contributed by atoms with Crippen molar-refractivity contribution in [1.82, 2.24) is 0 Å². The molecule has 0 unspecified atom stereocenters. The maximum Gasteiger partial charge on any atom is 0.387 e. The number of alkyl halides is 2. The third kappa shape index (κ3) is 4.77. The maximum atomic E-state index is 14.4. The lowest BCUT2D eigenvalue weighted by molar-refractivity contribution is -0.131. The standard InChI is InChI=1S/C22H21F5N2O4/c1-9-15(11-5-7-14(24)16(25)17(11)32-21(26)27)18(33-22(9,2)3)20(31)29-10-4-6-13(23)12(8-10)19(28)30/h4-9,15,18,21H,1-3H3,(H2,28,30)(H,29,31)/t9-,15+,18-/m1/s1. The lowest BCUT2D eigenvalue weighted by Crippen LogP contribution is -2.33. The number of hydrogen-bond donors (Lipinski definition) is 2. The van der Waals surface area contributed by atoms with Crippen LogP contribution in [0.1, 0.15) is 42.6 Å². The largest absolute Gasteiger partial charge is 0.431 e. The van der Waals surface area contributed by atoms with E-state index >= 15 is 0 Å². The minimum atomic E-state index is -3.44. The predicted molar refractivity (Wildman–Crippen MR) is 107 cm³/mol. The highest BCUT2D eigenvalue weighted by atomic mass is 19.3. The van der Waals surface area contributed by atoms with Crippen molar-refractivity contribution < 1.29 is 41.0 Å². The summed E-state index contributed by atoms with van der Waals surface area (Å²) in [6.45, 7) is 1.52. The molecular weight excluding hydrogens is 451 g/mol. The number of ether oxygens (including phenoxy) is 2. The summed E-state index contributed by atoms with van der Waals surface area (Å²) in [6.07, 6.45) is -1.35. The summed E-state index contributed by atoms with van der Waals surface area (Å²) < 4.78 is 77.8. The van der Waals surface area contributed by atoms with Crippen molar-refractivity contribution in [2.75, 3.05) is 5.32 Å². The van der Waals surface area contributed by atoms with Crippen molar-refractivity contribution in [1.29, 1.82) is 0 Å². The van der Waals surface area contributed by atoms with E-state index in [0.717, 1.165) is 24.3 Å².